The molecule has 1 fully saturated rings. The number of hydrogen-bond donors (Lipinski definition) is 0. The average Bonchev–Trinajstić information content (AvgIpc) is 2.63. The predicted molar refractivity (Wildman–Crippen MR) is 117 cm³/mol. The number of rotatable bonds is 5. The number of hydrogen-bond acceptors (Lipinski definition) is 3. The van der Waals surface area contributed by atoms with Crippen molar-refractivity contribution in [3.63, 3.8) is 0 Å². The summed E-state index contributed by atoms with van der Waals surface area (Å²) in [5, 5.41) is 0. The smallest absolute Gasteiger partial charge is 0.232 e. The third-order valence-corrected chi connectivity index (χ3v) is 6.31. The highest BCUT2D eigenvalue weighted by Gasteiger charge is 2.22. The minimum absolute atomic E-state index is 0.269. The molecule has 144 valence electrons. The summed E-state index contributed by atoms with van der Waals surface area (Å²) >= 11 is 1.72. The molecule has 0 aliphatic carbocycles. The van der Waals surface area contributed by atoms with E-state index in [-0.39, 0.29) is 5.91 Å². The number of aryl methyl sites for hydroxylation is 3. The first-order chi connectivity index (χ1) is 12.9. The van der Waals surface area contributed by atoms with Crippen LogP contribution in [0.5, 0.6) is 0 Å². The number of nitrogens with zero attached hydrogens (tertiary/aromatic N) is 2. The molecule has 3 rings (SSSR count). The molecule has 3 nitrogen and oxygen atoms in total. The number of amides is 1. The molecule has 0 spiro atoms. The summed E-state index contributed by atoms with van der Waals surface area (Å²) in [4.78, 5) is 17.0. The molecular weight excluding hydrogens is 352 g/mol. The van der Waals surface area contributed by atoms with Crippen LogP contribution in [0.3, 0.4) is 0 Å². The lowest BCUT2D eigenvalue weighted by molar-refractivity contribution is -0.128. The van der Waals surface area contributed by atoms with Crippen LogP contribution in [-0.2, 0) is 10.5 Å². The Hall–Kier alpha value is -1.94. The van der Waals surface area contributed by atoms with Crippen molar-refractivity contribution in [3.05, 3.63) is 64.2 Å². The summed E-state index contributed by atoms with van der Waals surface area (Å²) in [6, 6.07) is 13.1. The van der Waals surface area contributed by atoms with Crippen LogP contribution < -0.4 is 4.90 Å². The fourth-order valence-electron chi connectivity index (χ4n) is 3.77. The van der Waals surface area contributed by atoms with Crippen LogP contribution in [0.25, 0.3) is 0 Å². The van der Waals surface area contributed by atoms with E-state index >= 15 is 0 Å². The van der Waals surface area contributed by atoms with Gasteiger partial charge in [0, 0.05) is 37.6 Å². The lowest BCUT2D eigenvalue weighted by Crippen LogP contribution is -2.49. The van der Waals surface area contributed by atoms with E-state index in [0.29, 0.717) is 5.75 Å². The molecule has 0 bridgehead atoms. The maximum Gasteiger partial charge on any atom is 0.232 e. The summed E-state index contributed by atoms with van der Waals surface area (Å²) in [5.41, 5.74) is 7.88. The van der Waals surface area contributed by atoms with E-state index in [4.69, 9.17) is 0 Å². The van der Waals surface area contributed by atoms with Gasteiger partial charge in [0.2, 0.25) is 5.91 Å². The van der Waals surface area contributed by atoms with Crippen molar-refractivity contribution in [1.82, 2.24) is 4.90 Å². The van der Waals surface area contributed by atoms with Gasteiger partial charge in [0.15, 0.2) is 0 Å². The Morgan fingerprint density at radius 1 is 0.963 bits per heavy atom. The second kappa shape index (κ2) is 8.83. The quantitative estimate of drug-likeness (QED) is 0.760. The van der Waals surface area contributed by atoms with E-state index in [1.165, 1.54) is 33.5 Å². The maximum absolute atomic E-state index is 12.6. The van der Waals surface area contributed by atoms with Crippen molar-refractivity contribution in [2.24, 2.45) is 0 Å². The first-order valence-corrected chi connectivity index (χ1v) is 10.8. The van der Waals surface area contributed by atoms with Crippen molar-refractivity contribution >= 4 is 23.4 Å². The van der Waals surface area contributed by atoms with Crippen molar-refractivity contribution in [2.75, 3.05) is 36.8 Å². The molecule has 1 aliphatic rings. The minimum Gasteiger partial charge on any atom is -0.368 e. The van der Waals surface area contributed by atoms with Crippen molar-refractivity contribution in [2.45, 2.75) is 33.4 Å². The third-order valence-electron chi connectivity index (χ3n) is 5.32. The molecule has 2 aromatic rings. The molecule has 1 amide bonds. The zero-order chi connectivity index (χ0) is 19.4. The normalized spacial score (nSPS) is 14.5. The van der Waals surface area contributed by atoms with Gasteiger partial charge < -0.3 is 9.80 Å². The highest BCUT2D eigenvalue weighted by molar-refractivity contribution is 7.99. The second-order valence-electron chi connectivity index (χ2n) is 7.58. The zero-order valence-corrected chi connectivity index (χ0v) is 17.7. The van der Waals surface area contributed by atoms with Crippen LogP contribution in [-0.4, -0.2) is 42.7 Å². The van der Waals surface area contributed by atoms with Crippen LogP contribution in [0.15, 0.2) is 36.4 Å². The average molecular weight is 383 g/mol. The van der Waals surface area contributed by atoms with E-state index in [2.05, 4.69) is 69.0 Å². The van der Waals surface area contributed by atoms with Gasteiger partial charge in [-0.3, -0.25) is 4.79 Å². The molecule has 27 heavy (non-hydrogen) atoms. The van der Waals surface area contributed by atoms with Crippen LogP contribution in [0, 0.1) is 27.7 Å². The summed E-state index contributed by atoms with van der Waals surface area (Å²) < 4.78 is 0. The largest absolute Gasteiger partial charge is 0.368 e. The Kier molecular flexibility index (Phi) is 6.48. The zero-order valence-electron chi connectivity index (χ0n) is 16.9. The molecule has 1 saturated heterocycles. The lowest BCUT2D eigenvalue weighted by atomic mass is 10.1. The van der Waals surface area contributed by atoms with Crippen molar-refractivity contribution in [1.29, 1.82) is 0 Å². The third kappa shape index (κ3) is 5.07. The first-order valence-electron chi connectivity index (χ1n) is 9.68. The van der Waals surface area contributed by atoms with Gasteiger partial charge in [-0.2, -0.15) is 0 Å². The topological polar surface area (TPSA) is 23.6 Å². The molecule has 0 radical (unpaired) electrons. The van der Waals surface area contributed by atoms with Gasteiger partial charge in [0.05, 0.1) is 5.75 Å². The van der Waals surface area contributed by atoms with Gasteiger partial charge >= 0.3 is 0 Å². The molecule has 0 saturated carbocycles. The molecule has 0 N–H and O–H groups in total. The Labute approximate surface area is 167 Å². The fraction of sp³-hybridized carbons (Fsp3) is 0.435. The van der Waals surface area contributed by atoms with Gasteiger partial charge in [-0.1, -0.05) is 41.5 Å². The predicted octanol–water partition coefficient (Wildman–Crippen LogP) is 4.50. The number of carbonyl (C=O) groups is 1. The molecule has 4 heteroatoms. The number of piperazine rings is 1. The molecule has 1 heterocycles. The minimum atomic E-state index is 0.269. The number of thioether (sulfide) groups is 1. The van der Waals surface area contributed by atoms with Gasteiger partial charge in [-0.05, 0) is 50.5 Å². The molecular formula is C23H30N2OS. The summed E-state index contributed by atoms with van der Waals surface area (Å²) in [5.74, 6) is 1.73. The van der Waals surface area contributed by atoms with Crippen LogP contribution in [0.1, 0.15) is 27.8 Å². The Balaban J connectivity index is 1.48. The van der Waals surface area contributed by atoms with Gasteiger partial charge in [-0.25, -0.2) is 0 Å². The Bertz CT molecular complexity index is 790. The summed E-state index contributed by atoms with van der Waals surface area (Å²) in [7, 11) is 0. The van der Waals surface area contributed by atoms with Crippen molar-refractivity contribution < 1.29 is 4.79 Å². The molecule has 0 aromatic heterocycles. The number of benzene rings is 2. The van der Waals surface area contributed by atoms with Crippen LogP contribution in [0.2, 0.25) is 0 Å². The van der Waals surface area contributed by atoms with Gasteiger partial charge in [0.1, 0.15) is 0 Å². The van der Waals surface area contributed by atoms with E-state index in [9.17, 15) is 4.79 Å². The molecule has 1 aliphatic heterocycles. The molecule has 0 unspecified atom stereocenters. The first kappa shape index (κ1) is 19.8. The van der Waals surface area contributed by atoms with Crippen LogP contribution in [0.4, 0.5) is 5.69 Å². The second-order valence-corrected chi connectivity index (χ2v) is 8.56. The van der Waals surface area contributed by atoms with Crippen molar-refractivity contribution in [3.8, 4) is 0 Å². The summed E-state index contributed by atoms with van der Waals surface area (Å²) in [6.07, 6.45) is 0. The van der Waals surface area contributed by atoms with E-state index < -0.39 is 0 Å². The number of carbonyl (C=O) groups excluding carboxylic acids is 1. The molecule has 0 atom stereocenters. The summed E-state index contributed by atoms with van der Waals surface area (Å²) in [6.45, 7) is 12.1. The Morgan fingerprint density at radius 2 is 1.63 bits per heavy atom. The van der Waals surface area contributed by atoms with Crippen LogP contribution >= 0.6 is 11.8 Å². The fourth-order valence-corrected chi connectivity index (χ4v) is 4.64. The van der Waals surface area contributed by atoms with Gasteiger partial charge in [0.25, 0.3) is 0 Å². The maximum atomic E-state index is 12.6. The van der Waals surface area contributed by atoms with E-state index in [1.54, 1.807) is 11.8 Å². The van der Waals surface area contributed by atoms with Gasteiger partial charge in [-0.15, -0.1) is 11.8 Å². The Morgan fingerprint density at radius 3 is 2.30 bits per heavy atom. The number of anilines is 1. The van der Waals surface area contributed by atoms with E-state index in [1.807, 2.05) is 4.90 Å². The van der Waals surface area contributed by atoms with E-state index in [0.717, 1.165) is 31.9 Å². The molecule has 2 aromatic carbocycles. The highest BCUT2D eigenvalue weighted by atomic mass is 32.2. The highest BCUT2D eigenvalue weighted by Crippen LogP contribution is 2.24. The monoisotopic (exact) mass is 382 g/mol. The standard InChI is InChI=1S/C23H30N2OS/c1-17-12-18(2)14-21(13-17)15-27-16-23(26)25-10-8-24(9-11-25)22-7-5-6-19(3)20(22)4/h5-7,12-14H,8-11,15-16H2,1-4H3. The SMILES string of the molecule is Cc1cc(C)cc(CSCC(=O)N2CCN(c3cccc(C)c3C)CC2)c1. The lowest BCUT2D eigenvalue weighted by Gasteiger charge is -2.37.